The molecule has 0 atom stereocenters. The van der Waals surface area contributed by atoms with Crippen molar-refractivity contribution in [3.8, 4) is 5.75 Å². The number of guanidine groups is 1. The predicted octanol–water partition coefficient (Wildman–Crippen LogP) is 3.11. The second-order valence-corrected chi connectivity index (χ2v) is 6.27. The largest absolute Gasteiger partial charge is 0.494 e. The Labute approximate surface area is 169 Å². The molecule has 0 unspecified atom stereocenters. The molecule has 1 saturated heterocycles. The Morgan fingerprint density at radius 1 is 1.24 bits per heavy atom. The van der Waals surface area contributed by atoms with Crippen LogP contribution in [0.4, 0.5) is 0 Å². The van der Waals surface area contributed by atoms with Crippen LogP contribution in [0.3, 0.4) is 0 Å². The fraction of sp³-hybridized carbons (Fsp3) is 0.632. The van der Waals surface area contributed by atoms with Crippen molar-refractivity contribution >= 4 is 29.9 Å². The summed E-state index contributed by atoms with van der Waals surface area (Å²) in [4.78, 5) is 6.88. The van der Waals surface area contributed by atoms with Gasteiger partial charge in [0.25, 0.3) is 0 Å². The highest BCUT2D eigenvalue weighted by molar-refractivity contribution is 14.0. The molecule has 1 heterocycles. The highest BCUT2D eigenvalue weighted by Gasteiger charge is 2.19. The zero-order chi connectivity index (χ0) is 17.0. The number of aliphatic imine (C=N–C) groups is 1. The minimum Gasteiger partial charge on any atom is -0.494 e. The van der Waals surface area contributed by atoms with Crippen LogP contribution in [-0.2, 0) is 0 Å². The Morgan fingerprint density at radius 3 is 2.60 bits per heavy atom. The number of likely N-dealkylation sites (tertiary alicyclic amines) is 1. The minimum atomic E-state index is 0. The fourth-order valence-corrected chi connectivity index (χ4v) is 2.99. The smallest absolute Gasteiger partial charge is 0.191 e. The van der Waals surface area contributed by atoms with Crippen molar-refractivity contribution in [2.24, 2.45) is 4.99 Å². The van der Waals surface area contributed by atoms with Gasteiger partial charge in [0.15, 0.2) is 5.96 Å². The van der Waals surface area contributed by atoms with Crippen LogP contribution < -0.4 is 15.4 Å². The number of piperidine rings is 1. The second kappa shape index (κ2) is 13.2. The van der Waals surface area contributed by atoms with Gasteiger partial charge < -0.3 is 20.3 Å². The van der Waals surface area contributed by atoms with Crippen molar-refractivity contribution in [1.82, 2.24) is 15.5 Å². The van der Waals surface area contributed by atoms with Gasteiger partial charge in [0.05, 0.1) is 6.61 Å². The van der Waals surface area contributed by atoms with E-state index in [9.17, 15) is 0 Å². The fourth-order valence-electron chi connectivity index (χ4n) is 2.99. The lowest BCUT2D eigenvalue weighted by atomic mass is 10.1. The van der Waals surface area contributed by atoms with Gasteiger partial charge in [-0.3, -0.25) is 4.99 Å². The van der Waals surface area contributed by atoms with Gasteiger partial charge in [-0.25, -0.2) is 0 Å². The first-order chi connectivity index (χ1) is 11.8. The molecule has 6 heteroatoms. The van der Waals surface area contributed by atoms with Crippen molar-refractivity contribution in [3.63, 3.8) is 0 Å². The third kappa shape index (κ3) is 8.76. The molecule has 1 fully saturated rings. The Bertz CT molecular complexity index is 476. The summed E-state index contributed by atoms with van der Waals surface area (Å²) in [5, 5.41) is 6.93. The van der Waals surface area contributed by atoms with E-state index in [2.05, 4.69) is 27.4 Å². The highest BCUT2D eigenvalue weighted by Crippen LogP contribution is 2.10. The van der Waals surface area contributed by atoms with E-state index in [4.69, 9.17) is 4.74 Å². The summed E-state index contributed by atoms with van der Waals surface area (Å²) in [7, 11) is 1.84. The van der Waals surface area contributed by atoms with Crippen molar-refractivity contribution in [1.29, 1.82) is 0 Å². The van der Waals surface area contributed by atoms with E-state index in [1.165, 1.54) is 38.9 Å². The monoisotopic (exact) mass is 460 g/mol. The van der Waals surface area contributed by atoms with E-state index in [0.717, 1.165) is 24.7 Å². The van der Waals surface area contributed by atoms with Crippen LogP contribution in [0.1, 0.15) is 32.6 Å². The van der Waals surface area contributed by atoms with Crippen molar-refractivity contribution in [2.45, 2.75) is 38.6 Å². The topological polar surface area (TPSA) is 48.9 Å². The van der Waals surface area contributed by atoms with Crippen LogP contribution in [0.2, 0.25) is 0 Å². The average Bonchev–Trinajstić information content (AvgIpc) is 2.63. The third-order valence-electron chi connectivity index (χ3n) is 4.32. The quantitative estimate of drug-likeness (QED) is 0.271. The SMILES string of the molecule is CCCN1CCC(NC(=NC)NCCCOc2ccccc2)CC1.I. The van der Waals surface area contributed by atoms with E-state index in [1.54, 1.807) is 0 Å². The number of benzene rings is 1. The molecule has 1 aromatic rings. The van der Waals surface area contributed by atoms with Crippen LogP contribution in [0.5, 0.6) is 5.75 Å². The molecule has 0 radical (unpaired) electrons. The molecule has 142 valence electrons. The summed E-state index contributed by atoms with van der Waals surface area (Å²) in [5.41, 5.74) is 0. The van der Waals surface area contributed by atoms with E-state index < -0.39 is 0 Å². The zero-order valence-corrected chi connectivity index (χ0v) is 17.9. The Hall–Kier alpha value is -1.02. The normalized spacial score (nSPS) is 16.2. The summed E-state index contributed by atoms with van der Waals surface area (Å²) < 4.78 is 5.70. The molecule has 1 aliphatic rings. The molecule has 0 spiro atoms. The lowest BCUT2D eigenvalue weighted by Gasteiger charge is -2.32. The van der Waals surface area contributed by atoms with Crippen molar-refractivity contribution < 1.29 is 4.74 Å². The second-order valence-electron chi connectivity index (χ2n) is 6.27. The number of hydrogen-bond donors (Lipinski definition) is 2. The molecule has 0 saturated carbocycles. The van der Waals surface area contributed by atoms with E-state index in [0.29, 0.717) is 12.6 Å². The van der Waals surface area contributed by atoms with Crippen molar-refractivity contribution in [3.05, 3.63) is 30.3 Å². The van der Waals surface area contributed by atoms with Crippen LogP contribution in [-0.4, -0.2) is 56.7 Å². The summed E-state index contributed by atoms with van der Waals surface area (Å²) >= 11 is 0. The molecule has 2 rings (SSSR count). The predicted molar refractivity (Wildman–Crippen MR) is 116 cm³/mol. The van der Waals surface area contributed by atoms with Gasteiger partial charge in [0.2, 0.25) is 0 Å². The first-order valence-electron chi connectivity index (χ1n) is 9.19. The minimum absolute atomic E-state index is 0. The van der Waals surface area contributed by atoms with E-state index in [-0.39, 0.29) is 24.0 Å². The molecule has 0 aliphatic carbocycles. The Kier molecular flexibility index (Phi) is 11.6. The number of halogens is 1. The number of nitrogens with zero attached hydrogens (tertiary/aromatic N) is 2. The molecule has 2 N–H and O–H groups in total. The standard InChI is InChI=1S/C19H32N4O.HI/c1-3-13-23-14-10-17(11-15-23)22-19(20-2)21-12-7-16-24-18-8-5-4-6-9-18;/h4-6,8-9,17H,3,7,10-16H2,1-2H3,(H2,20,21,22);1H. The number of para-hydroxylation sites is 1. The van der Waals surface area contributed by atoms with Gasteiger partial charge in [-0.05, 0) is 44.4 Å². The van der Waals surface area contributed by atoms with Gasteiger partial charge in [0.1, 0.15) is 5.75 Å². The maximum Gasteiger partial charge on any atom is 0.191 e. The summed E-state index contributed by atoms with van der Waals surface area (Å²) in [6.45, 7) is 7.42. The molecular formula is C19H33IN4O. The maximum atomic E-state index is 5.70. The molecule has 0 amide bonds. The van der Waals surface area contributed by atoms with Gasteiger partial charge >= 0.3 is 0 Å². The summed E-state index contributed by atoms with van der Waals surface area (Å²) in [6.07, 6.45) is 4.58. The molecule has 25 heavy (non-hydrogen) atoms. The van der Waals surface area contributed by atoms with Gasteiger partial charge in [0, 0.05) is 32.7 Å². The lowest BCUT2D eigenvalue weighted by Crippen LogP contribution is -2.49. The van der Waals surface area contributed by atoms with Crippen LogP contribution >= 0.6 is 24.0 Å². The van der Waals surface area contributed by atoms with Crippen LogP contribution in [0, 0.1) is 0 Å². The number of ether oxygens (including phenoxy) is 1. The molecule has 0 aromatic heterocycles. The lowest BCUT2D eigenvalue weighted by molar-refractivity contribution is 0.206. The summed E-state index contributed by atoms with van der Waals surface area (Å²) in [6, 6.07) is 10.5. The number of rotatable bonds is 8. The number of nitrogens with one attached hydrogen (secondary N) is 2. The number of hydrogen-bond acceptors (Lipinski definition) is 3. The van der Waals surface area contributed by atoms with Gasteiger partial charge in [-0.15, -0.1) is 24.0 Å². The van der Waals surface area contributed by atoms with Crippen LogP contribution in [0.15, 0.2) is 35.3 Å². The van der Waals surface area contributed by atoms with Crippen LogP contribution in [0.25, 0.3) is 0 Å². The molecule has 0 bridgehead atoms. The maximum absolute atomic E-state index is 5.70. The van der Waals surface area contributed by atoms with Crippen molar-refractivity contribution in [2.75, 3.05) is 39.8 Å². The molecular weight excluding hydrogens is 427 g/mol. The molecule has 1 aromatic carbocycles. The van der Waals surface area contributed by atoms with Gasteiger partial charge in [-0.2, -0.15) is 0 Å². The molecule has 5 nitrogen and oxygen atoms in total. The van der Waals surface area contributed by atoms with Gasteiger partial charge in [-0.1, -0.05) is 25.1 Å². The Balaban J connectivity index is 0.00000312. The highest BCUT2D eigenvalue weighted by atomic mass is 127. The summed E-state index contributed by atoms with van der Waals surface area (Å²) in [5.74, 6) is 1.84. The third-order valence-corrected chi connectivity index (χ3v) is 4.32. The molecule has 1 aliphatic heterocycles. The first kappa shape index (κ1) is 22.0. The first-order valence-corrected chi connectivity index (χ1v) is 9.19. The average molecular weight is 460 g/mol. The van der Waals surface area contributed by atoms with E-state index >= 15 is 0 Å². The zero-order valence-electron chi connectivity index (χ0n) is 15.5. The Morgan fingerprint density at radius 2 is 1.96 bits per heavy atom. The van der Waals surface area contributed by atoms with E-state index in [1.807, 2.05) is 37.4 Å².